The largest absolute Gasteiger partial charge is 0.469 e. The molecule has 0 spiro atoms. The van der Waals surface area contributed by atoms with Crippen LogP contribution in [0, 0.1) is 0 Å². The summed E-state index contributed by atoms with van der Waals surface area (Å²) in [5, 5.41) is 0. The molecule has 0 aromatic rings. The Morgan fingerprint density at radius 3 is 0.821 bits per heavy atom. The van der Waals surface area contributed by atoms with Crippen LogP contribution in [0.25, 0.3) is 0 Å². The summed E-state index contributed by atoms with van der Waals surface area (Å²) in [4.78, 5) is 46.9. The maximum atomic E-state index is 11.7. The lowest BCUT2D eigenvalue weighted by molar-refractivity contribution is -0.140. The SMILES string of the molecule is COC(=O)CC1=C/C(CC(=O)OC)=C\C(CC(=O)OC)=C/C(CC(=O)OC)=C\1. The lowest BCUT2D eigenvalue weighted by atomic mass is 9.94. The van der Waals surface area contributed by atoms with E-state index in [-0.39, 0.29) is 25.7 Å². The minimum Gasteiger partial charge on any atom is -0.469 e. The van der Waals surface area contributed by atoms with Crippen molar-refractivity contribution in [3.63, 3.8) is 0 Å². The monoisotopic (exact) mass is 392 g/mol. The van der Waals surface area contributed by atoms with E-state index in [2.05, 4.69) is 0 Å². The smallest absolute Gasteiger partial charge is 0.309 e. The summed E-state index contributed by atoms with van der Waals surface area (Å²) in [5.74, 6) is -1.90. The van der Waals surface area contributed by atoms with Crippen molar-refractivity contribution in [3.05, 3.63) is 46.6 Å². The Labute approximate surface area is 163 Å². The van der Waals surface area contributed by atoms with E-state index < -0.39 is 23.9 Å². The average Bonchev–Trinajstić information content (AvgIpc) is 2.65. The summed E-state index contributed by atoms with van der Waals surface area (Å²) >= 11 is 0. The zero-order valence-corrected chi connectivity index (χ0v) is 16.4. The van der Waals surface area contributed by atoms with Crippen LogP contribution in [-0.2, 0) is 38.1 Å². The molecule has 0 saturated carbocycles. The van der Waals surface area contributed by atoms with Gasteiger partial charge in [0, 0.05) is 0 Å². The quantitative estimate of drug-likeness (QED) is 0.456. The Kier molecular flexibility index (Phi) is 9.42. The van der Waals surface area contributed by atoms with Crippen LogP contribution in [0.3, 0.4) is 0 Å². The maximum Gasteiger partial charge on any atom is 0.309 e. The molecule has 0 aromatic carbocycles. The van der Waals surface area contributed by atoms with Crippen LogP contribution in [-0.4, -0.2) is 52.3 Å². The first-order chi connectivity index (χ1) is 13.3. The average molecular weight is 392 g/mol. The number of methoxy groups -OCH3 is 4. The molecule has 0 bridgehead atoms. The highest BCUT2D eigenvalue weighted by Crippen LogP contribution is 2.24. The van der Waals surface area contributed by atoms with Gasteiger partial charge in [-0.05, 0) is 22.3 Å². The van der Waals surface area contributed by atoms with Crippen molar-refractivity contribution in [2.75, 3.05) is 28.4 Å². The number of rotatable bonds is 8. The Morgan fingerprint density at radius 2 is 0.679 bits per heavy atom. The number of ether oxygens (including phenoxy) is 4. The molecule has 0 unspecified atom stereocenters. The highest BCUT2D eigenvalue weighted by molar-refractivity contribution is 5.79. The molecule has 0 saturated heterocycles. The number of allylic oxidation sites excluding steroid dienone is 4. The lowest BCUT2D eigenvalue weighted by Crippen LogP contribution is -2.08. The third kappa shape index (κ3) is 8.03. The topological polar surface area (TPSA) is 105 Å². The molecule has 8 heteroatoms. The summed E-state index contributed by atoms with van der Waals surface area (Å²) < 4.78 is 18.8. The highest BCUT2D eigenvalue weighted by Gasteiger charge is 2.15. The van der Waals surface area contributed by atoms with Crippen LogP contribution in [0.15, 0.2) is 46.6 Å². The molecule has 1 rings (SSSR count). The predicted molar refractivity (Wildman–Crippen MR) is 98.9 cm³/mol. The van der Waals surface area contributed by atoms with E-state index in [1.165, 1.54) is 28.4 Å². The van der Waals surface area contributed by atoms with Crippen molar-refractivity contribution >= 4 is 23.9 Å². The summed E-state index contributed by atoms with van der Waals surface area (Å²) in [6.07, 6.45) is 6.31. The zero-order chi connectivity index (χ0) is 21.1. The van der Waals surface area contributed by atoms with Crippen molar-refractivity contribution in [1.29, 1.82) is 0 Å². The molecule has 0 aromatic heterocycles. The lowest BCUT2D eigenvalue weighted by Gasteiger charge is -2.13. The van der Waals surface area contributed by atoms with Crippen LogP contribution >= 0.6 is 0 Å². The van der Waals surface area contributed by atoms with Crippen molar-refractivity contribution < 1.29 is 38.1 Å². The number of esters is 4. The zero-order valence-electron chi connectivity index (χ0n) is 16.4. The molecule has 1 aliphatic carbocycles. The first-order valence-corrected chi connectivity index (χ1v) is 8.40. The second-order valence-corrected chi connectivity index (χ2v) is 5.89. The molecular formula is C20H24O8. The molecule has 0 atom stereocenters. The van der Waals surface area contributed by atoms with Gasteiger partial charge in [0.15, 0.2) is 0 Å². The number of hydrogen-bond donors (Lipinski definition) is 0. The summed E-state index contributed by atoms with van der Waals surface area (Å²) in [7, 11) is 5.07. The van der Waals surface area contributed by atoms with Crippen molar-refractivity contribution in [2.24, 2.45) is 0 Å². The molecule has 152 valence electrons. The van der Waals surface area contributed by atoms with Crippen molar-refractivity contribution in [2.45, 2.75) is 25.7 Å². The minimum atomic E-state index is -0.475. The van der Waals surface area contributed by atoms with Gasteiger partial charge in [-0.1, -0.05) is 24.3 Å². The molecule has 0 amide bonds. The highest BCUT2D eigenvalue weighted by atomic mass is 16.5. The molecule has 8 nitrogen and oxygen atoms in total. The van der Waals surface area contributed by atoms with Crippen LogP contribution in [0.5, 0.6) is 0 Å². The fourth-order valence-electron chi connectivity index (χ4n) is 2.48. The Morgan fingerprint density at radius 1 is 0.500 bits per heavy atom. The van der Waals surface area contributed by atoms with Crippen LogP contribution < -0.4 is 0 Å². The first kappa shape index (κ1) is 22.9. The van der Waals surface area contributed by atoms with Gasteiger partial charge in [0.25, 0.3) is 0 Å². The van der Waals surface area contributed by atoms with Gasteiger partial charge in [0.1, 0.15) is 0 Å². The predicted octanol–water partition coefficient (Wildman–Crippen LogP) is 1.96. The second-order valence-electron chi connectivity index (χ2n) is 5.89. The van der Waals surface area contributed by atoms with Gasteiger partial charge in [-0.3, -0.25) is 19.2 Å². The standard InChI is InChI=1S/C20H24O8/c1-25-17(21)9-13-5-14(10-18(22)26-2)7-16(12-20(24)28-4)8-15(6-13)11-19(23)27-3/h5-8H,9-12H2,1-4H3/b13-5+,13-6?,14-5?,14-7+,15-6+,15-8?,16-7?,16-8+. The number of carbonyl (C=O) groups is 4. The van der Waals surface area contributed by atoms with E-state index in [0.29, 0.717) is 22.3 Å². The van der Waals surface area contributed by atoms with Gasteiger partial charge in [-0.25, -0.2) is 0 Å². The van der Waals surface area contributed by atoms with Gasteiger partial charge < -0.3 is 18.9 Å². The Balaban J connectivity index is 3.39. The molecule has 0 radical (unpaired) electrons. The van der Waals surface area contributed by atoms with E-state index in [1.807, 2.05) is 0 Å². The summed E-state index contributed by atoms with van der Waals surface area (Å²) in [6.45, 7) is 0. The van der Waals surface area contributed by atoms with Gasteiger partial charge in [-0.15, -0.1) is 0 Å². The Hall–Kier alpha value is -3.16. The summed E-state index contributed by atoms with van der Waals surface area (Å²) in [6, 6.07) is 0. The molecule has 1 aliphatic rings. The van der Waals surface area contributed by atoms with Gasteiger partial charge in [0.2, 0.25) is 0 Å². The van der Waals surface area contributed by atoms with Crippen molar-refractivity contribution in [1.82, 2.24) is 0 Å². The summed E-state index contributed by atoms with van der Waals surface area (Å²) in [5.41, 5.74) is 2.15. The maximum absolute atomic E-state index is 11.7. The fourth-order valence-corrected chi connectivity index (χ4v) is 2.48. The van der Waals surface area contributed by atoms with Gasteiger partial charge in [-0.2, -0.15) is 0 Å². The first-order valence-electron chi connectivity index (χ1n) is 8.40. The van der Waals surface area contributed by atoms with E-state index in [9.17, 15) is 19.2 Å². The van der Waals surface area contributed by atoms with Crippen LogP contribution in [0.4, 0.5) is 0 Å². The third-order valence-corrected chi connectivity index (χ3v) is 3.79. The molecular weight excluding hydrogens is 368 g/mol. The normalized spacial score (nSPS) is 21.0. The third-order valence-electron chi connectivity index (χ3n) is 3.79. The number of hydrogen-bond acceptors (Lipinski definition) is 8. The second kappa shape index (κ2) is 11.5. The van der Waals surface area contributed by atoms with Crippen LogP contribution in [0.2, 0.25) is 0 Å². The number of carbonyl (C=O) groups excluding carboxylic acids is 4. The van der Waals surface area contributed by atoms with Gasteiger partial charge in [0.05, 0.1) is 54.1 Å². The Bertz CT molecular complexity index is 613. The molecule has 0 N–H and O–H groups in total. The van der Waals surface area contributed by atoms with Crippen molar-refractivity contribution in [3.8, 4) is 0 Å². The molecule has 0 heterocycles. The van der Waals surface area contributed by atoms with E-state index in [4.69, 9.17) is 18.9 Å². The van der Waals surface area contributed by atoms with Gasteiger partial charge >= 0.3 is 23.9 Å². The van der Waals surface area contributed by atoms with E-state index >= 15 is 0 Å². The molecule has 0 aliphatic heterocycles. The minimum absolute atomic E-state index is 0.0557. The van der Waals surface area contributed by atoms with E-state index in [0.717, 1.165) is 0 Å². The fraction of sp³-hybridized carbons (Fsp3) is 0.400. The van der Waals surface area contributed by atoms with E-state index in [1.54, 1.807) is 24.3 Å². The molecule has 0 fully saturated rings. The molecule has 28 heavy (non-hydrogen) atoms. The van der Waals surface area contributed by atoms with Crippen LogP contribution in [0.1, 0.15) is 25.7 Å².